The maximum Gasteiger partial charge on any atom is 0.307 e. The molecule has 0 rings (SSSR count). The van der Waals surface area contributed by atoms with Crippen molar-refractivity contribution < 1.29 is 14.3 Å². The Labute approximate surface area is 97.3 Å². The average molecular weight is 227 g/mol. The molecule has 0 bridgehead atoms. The lowest BCUT2D eigenvalue weighted by molar-refractivity contribution is -0.144. The summed E-state index contributed by atoms with van der Waals surface area (Å²) in [5.41, 5.74) is 0. The first-order valence-electron chi connectivity index (χ1n) is 5.72. The minimum atomic E-state index is -0.250. The van der Waals surface area contributed by atoms with E-state index in [0.717, 1.165) is 12.8 Å². The van der Waals surface area contributed by atoms with Crippen molar-refractivity contribution in [3.63, 3.8) is 0 Å². The first-order valence-corrected chi connectivity index (χ1v) is 5.72. The van der Waals surface area contributed by atoms with Crippen LogP contribution in [0.25, 0.3) is 0 Å². The fourth-order valence-electron chi connectivity index (χ4n) is 1.25. The van der Waals surface area contributed by atoms with Gasteiger partial charge in [-0.1, -0.05) is 20.4 Å². The van der Waals surface area contributed by atoms with Crippen LogP contribution in [0.15, 0.2) is 12.7 Å². The monoisotopic (exact) mass is 227 g/mol. The number of rotatable bonds is 8. The minimum Gasteiger partial charge on any atom is -0.466 e. The van der Waals surface area contributed by atoms with Crippen molar-refractivity contribution in [2.45, 2.75) is 33.1 Å². The molecule has 0 aromatic rings. The van der Waals surface area contributed by atoms with E-state index in [1.165, 1.54) is 6.08 Å². The summed E-state index contributed by atoms with van der Waals surface area (Å²) in [7, 11) is 0. The molecule has 92 valence electrons. The molecule has 0 saturated heterocycles. The zero-order valence-corrected chi connectivity index (χ0v) is 10.2. The largest absolute Gasteiger partial charge is 0.466 e. The molecule has 0 unspecified atom stereocenters. The van der Waals surface area contributed by atoms with Gasteiger partial charge in [-0.15, -0.1) is 0 Å². The summed E-state index contributed by atoms with van der Waals surface area (Å²) in [5.74, 6) is -0.384. The van der Waals surface area contributed by atoms with Crippen molar-refractivity contribution in [2.75, 3.05) is 19.7 Å². The van der Waals surface area contributed by atoms with Crippen LogP contribution in [0.1, 0.15) is 33.1 Å². The summed E-state index contributed by atoms with van der Waals surface area (Å²) in [6, 6.07) is 0. The fraction of sp³-hybridized carbons (Fsp3) is 0.667. The summed E-state index contributed by atoms with van der Waals surface area (Å²) in [6.07, 6.45) is 3.20. The molecule has 0 atom stereocenters. The van der Waals surface area contributed by atoms with Gasteiger partial charge in [0, 0.05) is 13.1 Å². The van der Waals surface area contributed by atoms with Gasteiger partial charge in [0.05, 0.1) is 13.0 Å². The molecular weight excluding hydrogens is 206 g/mol. The molecule has 1 amide bonds. The predicted octanol–water partition coefficient (Wildman–Crippen LogP) is 1.75. The van der Waals surface area contributed by atoms with Gasteiger partial charge >= 0.3 is 5.97 Å². The number of ether oxygens (including phenoxy) is 1. The van der Waals surface area contributed by atoms with E-state index in [1.807, 2.05) is 13.8 Å². The van der Waals surface area contributed by atoms with Crippen LogP contribution in [0.3, 0.4) is 0 Å². The van der Waals surface area contributed by atoms with Crippen molar-refractivity contribution in [2.24, 2.45) is 0 Å². The Balaban J connectivity index is 3.96. The summed E-state index contributed by atoms with van der Waals surface area (Å²) in [4.78, 5) is 24.2. The van der Waals surface area contributed by atoms with Gasteiger partial charge in [-0.05, 0) is 18.9 Å². The standard InChI is InChI=1S/C12H21NO3/c1-4-8-13(11(14)6-3)9-7-12(15)16-10-5-2/h6H,3-5,7-10H2,1-2H3. The Morgan fingerprint density at radius 2 is 1.94 bits per heavy atom. The summed E-state index contributed by atoms with van der Waals surface area (Å²) >= 11 is 0. The van der Waals surface area contributed by atoms with E-state index >= 15 is 0 Å². The predicted molar refractivity (Wildman–Crippen MR) is 62.9 cm³/mol. The Morgan fingerprint density at radius 3 is 2.44 bits per heavy atom. The van der Waals surface area contributed by atoms with Crippen molar-refractivity contribution in [3.05, 3.63) is 12.7 Å². The first-order chi connectivity index (χ1) is 7.65. The Hall–Kier alpha value is -1.32. The van der Waals surface area contributed by atoms with Gasteiger partial charge in [0.2, 0.25) is 5.91 Å². The van der Waals surface area contributed by atoms with Gasteiger partial charge in [0.15, 0.2) is 0 Å². The van der Waals surface area contributed by atoms with Crippen LogP contribution in [-0.2, 0) is 14.3 Å². The van der Waals surface area contributed by atoms with Gasteiger partial charge in [-0.25, -0.2) is 0 Å². The first kappa shape index (κ1) is 14.7. The highest BCUT2D eigenvalue weighted by atomic mass is 16.5. The normalized spacial score (nSPS) is 9.62. The van der Waals surface area contributed by atoms with E-state index < -0.39 is 0 Å². The van der Waals surface area contributed by atoms with Gasteiger partial charge in [-0.2, -0.15) is 0 Å². The number of carbonyl (C=O) groups is 2. The summed E-state index contributed by atoms with van der Waals surface area (Å²) in [6.45, 7) is 8.86. The zero-order chi connectivity index (χ0) is 12.4. The average Bonchev–Trinajstić information content (AvgIpc) is 2.30. The van der Waals surface area contributed by atoms with Crippen molar-refractivity contribution in [3.8, 4) is 0 Å². The lowest BCUT2D eigenvalue weighted by Crippen LogP contribution is -2.32. The third-order valence-corrected chi connectivity index (χ3v) is 2.03. The lowest BCUT2D eigenvalue weighted by atomic mass is 10.3. The van der Waals surface area contributed by atoms with Crippen LogP contribution in [0.2, 0.25) is 0 Å². The van der Waals surface area contributed by atoms with E-state index in [4.69, 9.17) is 4.74 Å². The SMILES string of the molecule is C=CC(=O)N(CCC)CCC(=O)OCCC. The second-order valence-electron chi connectivity index (χ2n) is 3.50. The molecule has 4 heteroatoms. The Bertz CT molecular complexity index is 238. The molecule has 16 heavy (non-hydrogen) atoms. The molecule has 0 aromatic carbocycles. The number of hydrogen-bond donors (Lipinski definition) is 0. The van der Waals surface area contributed by atoms with Crippen LogP contribution in [0.4, 0.5) is 0 Å². The van der Waals surface area contributed by atoms with Crippen molar-refractivity contribution in [1.29, 1.82) is 0 Å². The molecule has 0 heterocycles. The second-order valence-corrected chi connectivity index (χ2v) is 3.50. The van der Waals surface area contributed by atoms with E-state index in [2.05, 4.69) is 6.58 Å². The summed E-state index contributed by atoms with van der Waals surface area (Å²) < 4.78 is 4.93. The van der Waals surface area contributed by atoms with E-state index in [1.54, 1.807) is 4.90 Å². The molecule has 0 aromatic heterocycles. The van der Waals surface area contributed by atoms with E-state index in [9.17, 15) is 9.59 Å². The number of esters is 1. The second kappa shape index (κ2) is 8.95. The molecule has 0 radical (unpaired) electrons. The summed E-state index contributed by atoms with van der Waals surface area (Å²) in [5, 5.41) is 0. The number of carbonyl (C=O) groups excluding carboxylic acids is 2. The quantitative estimate of drug-likeness (QED) is 0.469. The van der Waals surface area contributed by atoms with E-state index in [0.29, 0.717) is 19.7 Å². The Morgan fingerprint density at radius 1 is 1.25 bits per heavy atom. The van der Waals surface area contributed by atoms with Gasteiger partial charge < -0.3 is 9.64 Å². The molecular formula is C12H21NO3. The van der Waals surface area contributed by atoms with Crippen molar-refractivity contribution >= 4 is 11.9 Å². The molecule has 0 fully saturated rings. The van der Waals surface area contributed by atoms with E-state index in [-0.39, 0.29) is 18.3 Å². The zero-order valence-electron chi connectivity index (χ0n) is 10.2. The lowest BCUT2D eigenvalue weighted by Gasteiger charge is -2.19. The highest BCUT2D eigenvalue weighted by molar-refractivity contribution is 5.87. The maximum absolute atomic E-state index is 11.4. The third kappa shape index (κ3) is 6.22. The molecule has 0 saturated carbocycles. The fourth-order valence-corrected chi connectivity index (χ4v) is 1.25. The van der Waals surface area contributed by atoms with Crippen LogP contribution < -0.4 is 0 Å². The highest BCUT2D eigenvalue weighted by Gasteiger charge is 2.11. The van der Waals surface area contributed by atoms with Gasteiger partial charge in [-0.3, -0.25) is 9.59 Å². The van der Waals surface area contributed by atoms with Crippen LogP contribution in [-0.4, -0.2) is 36.5 Å². The molecule has 4 nitrogen and oxygen atoms in total. The van der Waals surface area contributed by atoms with Crippen LogP contribution in [0.5, 0.6) is 0 Å². The number of nitrogens with zero attached hydrogens (tertiary/aromatic N) is 1. The van der Waals surface area contributed by atoms with Crippen LogP contribution >= 0.6 is 0 Å². The Kier molecular flexibility index (Phi) is 8.21. The number of amides is 1. The maximum atomic E-state index is 11.4. The van der Waals surface area contributed by atoms with Gasteiger partial charge in [0.25, 0.3) is 0 Å². The van der Waals surface area contributed by atoms with Gasteiger partial charge in [0.1, 0.15) is 0 Å². The third-order valence-electron chi connectivity index (χ3n) is 2.03. The topological polar surface area (TPSA) is 46.6 Å². The molecule has 0 N–H and O–H groups in total. The smallest absolute Gasteiger partial charge is 0.307 e. The highest BCUT2D eigenvalue weighted by Crippen LogP contribution is 1.98. The molecule has 0 spiro atoms. The molecule has 0 aliphatic heterocycles. The number of hydrogen-bond acceptors (Lipinski definition) is 3. The van der Waals surface area contributed by atoms with Crippen LogP contribution in [0, 0.1) is 0 Å². The van der Waals surface area contributed by atoms with Crippen molar-refractivity contribution in [1.82, 2.24) is 4.90 Å². The minimum absolute atomic E-state index is 0.134. The molecule has 0 aliphatic carbocycles. The molecule has 0 aliphatic rings.